The maximum Gasteiger partial charge on any atom is 0.0469 e. The van der Waals surface area contributed by atoms with Gasteiger partial charge in [-0.25, -0.2) is 0 Å². The van der Waals surface area contributed by atoms with Crippen molar-refractivity contribution in [3.05, 3.63) is 58.3 Å². The van der Waals surface area contributed by atoms with Crippen molar-refractivity contribution in [1.29, 1.82) is 0 Å². The van der Waals surface area contributed by atoms with Crippen LogP contribution >= 0.6 is 11.3 Å². The molecule has 0 amide bonds. The van der Waals surface area contributed by atoms with Gasteiger partial charge in [-0.15, -0.1) is 11.3 Å². The van der Waals surface area contributed by atoms with Crippen LogP contribution in [-0.2, 0) is 6.42 Å². The van der Waals surface area contributed by atoms with Crippen molar-refractivity contribution in [3.8, 4) is 0 Å². The van der Waals surface area contributed by atoms with Gasteiger partial charge in [-0.2, -0.15) is 0 Å². The SMILES string of the molecule is CNCC(c1ccccc1)N(C)CCc1cccs1. The number of hydrogen-bond acceptors (Lipinski definition) is 3. The van der Waals surface area contributed by atoms with E-state index < -0.39 is 0 Å². The predicted octanol–water partition coefficient (Wildman–Crippen LogP) is 3.18. The van der Waals surface area contributed by atoms with Crippen LogP contribution in [-0.4, -0.2) is 32.1 Å². The summed E-state index contributed by atoms with van der Waals surface area (Å²) in [5.41, 5.74) is 1.38. The van der Waals surface area contributed by atoms with Crippen LogP contribution in [0.25, 0.3) is 0 Å². The van der Waals surface area contributed by atoms with Gasteiger partial charge in [-0.05, 0) is 37.5 Å². The Balaban J connectivity index is 1.98. The fourth-order valence-electron chi connectivity index (χ4n) is 2.29. The van der Waals surface area contributed by atoms with Crippen molar-refractivity contribution in [1.82, 2.24) is 10.2 Å². The van der Waals surface area contributed by atoms with E-state index in [1.54, 1.807) is 0 Å². The summed E-state index contributed by atoms with van der Waals surface area (Å²) >= 11 is 1.84. The van der Waals surface area contributed by atoms with Gasteiger partial charge in [0.1, 0.15) is 0 Å². The molecule has 2 nitrogen and oxygen atoms in total. The molecule has 1 N–H and O–H groups in total. The van der Waals surface area contributed by atoms with E-state index >= 15 is 0 Å². The zero-order chi connectivity index (χ0) is 13.5. The second kappa shape index (κ2) is 7.43. The van der Waals surface area contributed by atoms with E-state index in [2.05, 4.69) is 65.1 Å². The summed E-state index contributed by atoms with van der Waals surface area (Å²) in [4.78, 5) is 3.90. The molecule has 0 aliphatic heterocycles. The Morgan fingerprint density at radius 1 is 1.16 bits per heavy atom. The summed E-state index contributed by atoms with van der Waals surface area (Å²) in [5, 5.41) is 5.45. The van der Waals surface area contributed by atoms with Gasteiger partial charge in [0, 0.05) is 24.0 Å². The third-order valence-electron chi connectivity index (χ3n) is 3.40. The van der Waals surface area contributed by atoms with Crippen LogP contribution in [0.3, 0.4) is 0 Å². The Hall–Kier alpha value is -1.16. The second-order valence-corrected chi connectivity index (χ2v) is 5.83. The molecule has 0 saturated carbocycles. The molecule has 0 aliphatic carbocycles. The van der Waals surface area contributed by atoms with Gasteiger partial charge >= 0.3 is 0 Å². The molecule has 0 radical (unpaired) electrons. The standard InChI is InChI=1S/C16H22N2S/c1-17-13-16(14-7-4-3-5-8-14)18(2)11-10-15-9-6-12-19-15/h3-9,12,16-17H,10-11,13H2,1-2H3. The first-order valence-corrected chi connectivity index (χ1v) is 7.61. The number of likely N-dealkylation sites (N-methyl/N-ethyl adjacent to an activating group) is 2. The third-order valence-corrected chi connectivity index (χ3v) is 4.34. The van der Waals surface area contributed by atoms with Gasteiger partial charge in [0.05, 0.1) is 0 Å². The largest absolute Gasteiger partial charge is 0.318 e. The predicted molar refractivity (Wildman–Crippen MR) is 83.8 cm³/mol. The lowest BCUT2D eigenvalue weighted by molar-refractivity contribution is 0.244. The van der Waals surface area contributed by atoms with E-state index in [0.717, 1.165) is 19.5 Å². The van der Waals surface area contributed by atoms with Crippen LogP contribution in [0.1, 0.15) is 16.5 Å². The molecule has 19 heavy (non-hydrogen) atoms. The second-order valence-electron chi connectivity index (χ2n) is 4.79. The summed E-state index contributed by atoms with van der Waals surface area (Å²) in [7, 11) is 4.23. The zero-order valence-electron chi connectivity index (χ0n) is 11.7. The molecule has 0 bridgehead atoms. The van der Waals surface area contributed by atoms with Crippen molar-refractivity contribution in [2.75, 3.05) is 27.2 Å². The minimum absolute atomic E-state index is 0.436. The molecule has 2 aromatic rings. The topological polar surface area (TPSA) is 15.3 Å². The number of nitrogens with one attached hydrogen (secondary N) is 1. The fourth-order valence-corrected chi connectivity index (χ4v) is 2.99. The van der Waals surface area contributed by atoms with Crippen LogP contribution in [0.15, 0.2) is 47.8 Å². The summed E-state index contributed by atoms with van der Waals surface area (Å²) in [5.74, 6) is 0. The van der Waals surface area contributed by atoms with Crippen LogP contribution < -0.4 is 5.32 Å². The molecule has 1 heterocycles. The monoisotopic (exact) mass is 274 g/mol. The third kappa shape index (κ3) is 4.16. The van der Waals surface area contributed by atoms with Crippen LogP contribution in [0.5, 0.6) is 0 Å². The first kappa shape index (κ1) is 14.3. The van der Waals surface area contributed by atoms with Gasteiger partial charge in [0.15, 0.2) is 0 Å². The summed E-state index contributed by atoms with van der Waals surface area (Å²) in [6, 6.07) is 15.5. The Kier molecular flexibility index (Phi) is 5.58. The van der Waals surface area contributed by atoms with Gasteiger partial charge in [-0.3, -0.25) is 4.90 Å². The lowest BCUT2D eigenvalue weighted by atomic mass is 10.1. The highest BCUT2D eigenvalue weighted by atomic mass is 32.1. The lowest BCUT2D eigenvalue weighted by Gasteiger charge is -2.28. The highest BCUT2D eigenvalue weighted by Gasteiger charge is 2.15. The smallest absolute Gasteiger partial charge is 0.0469 e. The zero-order valence-corrected chi connectivity index (χ0v) is 12.5. The minimum atomic E-state index is 0.436. The molecule has 0 spiro atoms. The maximum absolute atomic E-state index is 3.30. The van der Waals surface area contributed by atoms with Crippen molar-refractivity contribution in [2.24, 2.45) is 0 Å². The summed E-state index contributed by atoms with van der Waals surface area (Å²) < 4.78 is 0. The van der Waals surface area contributed by atoms with E-state index in [4.69, 9.17) is 0 Å². The average molecular weight is 274 g/mol. The highest BCUT2D eigenvalue weighted by Crippen LogP contribution is 2.19. The number of hydrogen-bond donors (Lipinski definition) is 1. The number of nitrogens with zero attached hydrogens (tertiary/aromatic N) is 1. The maximum atomic E-state index is 3.30. The average Bonchev–Trinajstić information content (AvgIpc) is 2.96. The lowest BCUT2D eigenvalue weighted by Crippen LogP contribution is -2.33. The molecule has 102 valence electrons. The van der Waals surface area contributed by atoms with Crippen LogP contribution in [0.2, 0.25) is 0 Å². The molecular weight excluding hydrogens is 252 g/mol. The summed E-state index contributed by atoms with van der Waals surface area (Å²) in [6.45, 7) is 2.06. The quantitative estimate of drug-likeness (QED) is 0.834. The number of rotatable bonds is 7. The Morgan fingerprint density at radius 3 is 2.58 bits per heavy atom. The molecule has 1 aromatic carbocycles. The van der Waals surface area contributed by atoms with Crippen molar-refractivity contribution in [3.63, 3.8) is 0 Å². The fraction of sp³-hybridized carbons (Fsp3) is 0.375. The van der Waals surface area contributed by atoms with E-state index in [0.29, 0.717) is 6.04 Å². The van der Waals surface area contributed by atoms with Gasteiger partial charge in [0.2, 0.25) is 0 Å². The van der Waals surface area contributed by atoms with E-state index in [9.17, 15) is 0 Å². The van der Waals surface area contributed by atoms with Crippen LogP contribution in [0, 0.1) is 0 Å². The molecule has 0 fully saturated rings. The van der Waals surface area contributed by atoms with E-state index in [1.807, 2.05) is 18.4 Å². The molecule has 2 rings (SSSR count). The number of benzene rings is 1. The normalized spacial score (nSPS) is 12.8. The van der Waals surface area contributed by atoms with Crippen LogP contribution in [0.4, 0.5) is 0 Å². The van der Waals surface area contributed by atoms with Gasteiger partial charge < -0.3 is 5.32 Å². The molecule has 0 saturated heterocycles. The van der Waals surface area contributed by atoms with Crippen molar-refractivity contribution < 1.29 is 0 Å². The molecule has 1 aromatic heterocycles. The van der Waals surface area contributed by atoms with Crippen molar-refractivity contribution in [2.45, 2.75) is 12.5 Å². The first-order valence-electron chi connectivity index (χ1n) is 6.73. The molecular formula is C16H22N2S. The minimum Gasteiger partial charge on any atom is -0.318 e. The Labute approximate surface area is 120 Å². The highest BCUT2D eigenvalue weighted by molar-refractivity contribution is 7.09. The first-order chi connectivity index (χ1) is 9.31. The Bertz CT molecular complexity index is 453. The van der Waals surface area contributed by atoms with Gasteiger partial charge in [0.25, 0.3) is 0 Å². The molecule has 1 atom stereocenters. The molecule has 3 heteroatoms. The molecule has 0 aliphatic rings. The molecule has 1 unspecified atom stereocenters. The van der Waals surface area contributed by atoms with E-state index in [1.165, 1.54) is 10.4 Å². The Morgan fingerprint density at radius 2 is 1.95 bits per heavy atom. The van der Waals surface area contributed by atoms with Gasteiger partial charge in [-0.1, -0.05) is 36.4 Å². The summed E-state index contributed by atoms with van der Waals surface area (Å²) in [6.07, 6.45) is 1.13. The van der Waals surface area contributed by atoms with Crippen molar-refractivity contribution >= 4 is 11.3 Å². The number of thiophene rings is 1. The van der Waals surface area contributed by atoms with E-state index in [-0.39, 0.29) is 0 Å².